The summed E-state index contributed by atoms with van der Waals surface area (Å²) in [5.41, 5.74) is 2.74. The quantitative estimate of drug-likeness (QED) is 0.468. The average molecular weight is 329 g/mol. The van der Waals surface area contributed by atoms with E-state index in [1.165, 1.54) is 63.4 Å². The second-order valence-electron chi connectivity index (χ2n) is 10.8. The zero-order chi connectivity index (χ0) is 17.1. The van der Waals surface area contributed by atoms with Gasteiger partial charge in [0.1, 0.15) is 0 Å². The van der Waals surface area contributed by atoms with Crippen LogP contribution in [0, 0.1) is 46.3 Å². The van der Waals surface area contributed by atoms with Gasteiger partial charge in [-0.3, -0.25) is 0 Å². The minimum absolute atomic E-state index is 0.585. The van der Waals surface area contributed by atoms with Crippen molar-refractivity contribution in [2.75, 3.05) is 0 Å². The zero-order valence-electron chi connectivity index (χ0n) is 16.7. The minimum Gasteiger partial charge on any atom is -0.0998 e. The molecular formula is C24H40. The lowest BCUT2D eigenvalue weighted by Crippen LogP contribution is -2.52. The first-order valence-corrected chi connectivity index (χ1v) is 11.0. The Morgan fingerprint density at radius 1 is 0.917 bits per heavy atom. The molecule has 4 aliphatic rings. The maximum absolute atomic E-state index is 4.37. The van der Waals surface area contributed by atoms with Crippen molar-refractivity contribution in [3.05, 3.63) is 12.2 Å². The van der Waals surface area contributed by atoms with E-state index in [1.54, 1.807) is 6.42 Å². The predicted octanol–water partition coefficient (Wildman–Crippen LogP) is 7.25. The van der Waals surface area contributed by atoms with E-state index >= 15 is 0 Å². The molecule has 8 atom stereocenters. The summed E-state index contributed by atoms with van der Waals surface area (Å²) in [7, 11) is 0. The van der Waals surface area contributed by atoms with Crippen molar-refractivity contribution < 1.29 is 0 Å². The molecule has 0 aromatic rings. The molecule has 4 aliphatic carbocycles. The number of rotatable bonds is 2. The van der Waals surface area contributed by atoms with Gasteiger partial charge in [0, 0.05) is 0 Å². The second-order valence-corrected chi connectivity index (χ2v) is 10.8. The fourth-order valence-corrected chi connectivity index (χ4v) is 8.58. The van der Waals surface area contributed by atoms with Gasteiger partial charge in [0.2, 0.25) is 0 Å². The first kappa shape index (κ1) is 17.2. The van der Waals surface area contributed by atoms with Crippen molar-refractivity contribution in [1.82, 2.24) is 0 Å². The maximum Gasteiger partial charge on any atom is -0.0152 e. The van der Waals surface area contributed by atoms with Crippen molar-refractivity contribution in [2.45, 2.75) is 91.9 Å². The minimum atomic E-state index is 0.585. The number of fused-ring (bicyclic) bond motifs is 5. The molecular weight excluding hydrogens is 288 g/mol. The fourth-order valence-electron chi connectivity index (χ4n) is 8.58. The van der Waals surface area contributed by atoms with Crippen molar-refractivity contribution in [2.24, 2.45) is 46.3 Å². The van der Waals surface area contributed by atoms with E-state index in [1.807, 2.05) is 0 Å². The molecule has 24 heavy (non-hydrogen) atoms. The van der Waals surface area contributed by atoms with E-state index in [9.17, 15) is 0 Å². The lowest BCUT2D eigenvalue weighted by molar-refractivity contribution is -0.102. The fraction of sp³-hybridized carbons (Fsp3) is 0.917. The summed E-state index contributed by atoms with van der Waals surface area (Å²) in [6, 6.07) is 0. The zero-order valence-corrected chi connectivity index (χ0v) is 16.7. The van der Waals surface area contributed by atoms with E-state index in [-0.39, 0.29) is 0 Å². The molecule has 136 valence electrons. The molecule has 0 heteroatoms. The number of hydrogen-bond donors (Lipinski definition) is 0. The first-order chi connectivity index (χ1) is 11.4. The van der Waals surface area contributed by atoms with Crippen molar-refractivity contribution in [3.63, 3.8) is 0 Å². The van der Waals surface area contributed by atoms with Gasteiger partial charge < -0.3 is 0 Å². The van der Waals surface area contributed by atoms with E-state index in [4.69, 9.17) is 0 Å². The van der Waals surface area contributed by atoms with Gasteiger partial charge in [-0.2, -0.15) is 0 Å². The molecule has 0 saturated heterocycles. The van der Waals surface area contributed by atoms with Gasteiger partial charge in [-0.15, -0.1) is 0 Å². The van der Waals surface area contributed by atoms with Gasteiger partial charge in [-0.05, 0) is 105 Å². The summed E-state index contributed by atoms with van der Waals surface area (Å²) in [5, 5.41) is 0. The molecule has 4 rings (SSSR count). The molecule has 0 aliphatic heterocycles. The highest BCUT2D eigenvalue weighted by molar-refractivity contribution is 5.14. The standard InChI is InChI=1S/C24H40/c1-6-17-7-8-21-18-12-14-24(5)20(16(2)3)9-10-22(24)19(18)11-13-23(21,4)15-17/h17-22H,2,6-15H2,1,3-5H3. The highest BCUT2D eigenvalue weighted by Gasteiger charge is 2.58. The number of allylic oxidation sites excluding steroid dienone is 1. The molecule has 0 aromatic carbocycles. The largest absolute Gasteiger partial charge is 0.0998 e. The molecule has 0 nitrogen and oxygen atoms in total. The Balaban J connectivity index is 1.57. The van der Waals surface area contributed by atoms with Gasteiger partial charge in [0.15, 0.2) is 0 Å². The van der Waals surface area contributed by atoms with Crippen LogP contribution < -0.4 is 0 Å². The van der Waals surface area contributed by atoms with Crippen LogP contribution in [-0.4, -0.2) is 0 Å². The lowest BCUT2D eigenvalue weighted by atomic mass is 9.45. The third-order valence-electron chi connectivity index (χ3n) is 9.77. The van der Waals surface area contributed by atoms with E-state index in [0.717, 1.165) is 35.5 Å². The molecule has 4 fully saturated rings. The molecule has 0 heterocycles. The lowest BCUT2D eigenvalue weighted by Gasteiger charge is -2.60. The Morgan fingerprint density at radius 3 is 2.29 bits per heavy atom. The van der Waals surface area contributed by atoms with E-state index < -0.39 is 0 Å². The van der Waals surface area contributed by atoms with Gasteiger partial charge in [-0.25, -0.2) is 0 Å². The third-order valence-corrected chi connectivity index (χ3v) is 9.77. The van der Waals surface area contributed by atoms with Gasteiger partial charge in [-0.1, -0.05) is 45.8 Å². The number of hydrogen-bond acceptors (Lipinski definition) is 0. The van der Waals surface area contributed by atoms with Crippen molar-refractivity contribution in [1.29, 1.82) is 0 Å². The normalized spacial score (nSPS) is 53.8. The van der Waals surface area contributed by atoms with Crippen LogP contribution in [0.2, 0.25) is 0 Å². The molecule has 0 spiro atoms. The highest BCUT2D eigenvalue weighted by atomic mass is 14.6. The van der Waals surface area contributed by atoms with Gasteiger partial charge in [0.25, 0.3) is 0 Å². The van der Waals surface area contributed by atoms with E-state index in [2.05, 4.69) is 34.3 Å². The van der Waals surface area contributed by atoms with Gasteiger partial charge >= 0.3 is 0 Å². The van der Waals surface area contributed by atoms with Crippen LogP contribution in [0.15, 0.2) is 12.2 Å². The predicted molar refractivity (Wildman–Crippen MR) is 104 cm³/mol. The smallest absolute Gasteiger partial charge is 0.0152 e. The maximum atomic E-state index is 4.37. The Hall–Kier alpha value is -0.260. The van der Waals surface area contributed by atoms with Crippen LogP contribution in [0.4, 0.5) is 0 Å². The SMILES string of the molecule is C=C(C)C1CCC2C3CCC4(C)CC(CC)CCC4C3CCC12C. The summed E-state index contributed by atoms with van der Waals surface area (Å²) in [6.45, 7) is 14.4. The van der Waals surface area contributed by atoms with Crippen LogP contribution in [0.1, 0.15) is 91.9 Å². The monoisotopic (exact) mass is 328 g/mol. The van der Waals surface area contributed by atoms with Crippen molar-refractivity contribution in [3.8, 4) is 0 Å². The van der Waals surface area contributed by atoms with Crippen LogP contribution in [-0.2, 0) is 0 Å². The average Bonchev–Trinajstić information content (AvgIpc) is 2.90. The first-order valence-electron chi connectivity index (χ1n) is 11.0. The summed E-state index contributed by atoms with van der Waals surface area (Å²) < 4.78 is 0. The molecule has 0 bridgehead atoms. The molecule has 0 amide bonds. The van der Waals surface area contributed by atoms with Crippen LogP contribution >= 0.6 is 0 Å². The molecule has 0 N–H and O–H groups in total. The molecule has 0 radical (unpaired) electrons. The molecule has 0 aromatic heterocycles. The molecule has 4 saturated carbocycles. The van der Waals surface area contributed by atoms with Crippen molar-refractivity contribution >= 4 is 0 Å². The summed E-state index contributed by atoms with van der Waals surface area (Å²) in [4.78, 5) is 0. The Labute approximate surface area is 150 Å². The Kier molecular flexibility index (Phi) is 4.21. The van der Waals surface area contributed by atoms with E-state index in [0.29, 0.717) is 10.8 Å². The van der Waals surface area contributed by atoms with Crippen LogP contribution in [0.25, 0.3) is 0 Å². The second kappa shape index (κ2) is 5.88. The summed E-state index contributed by atoms with van der Waals surface area (Å²) in [5.74, 6) is 6.00. The third kappa shape index (κ3) is 2.38. The highest BCUT2D eigenvalue weighted by Crippen LogP contribution is 2.67. The summed E-state index contributed by atoms with van der Waals surface area (Å²) >= 11 is 0. The van der Waals surface area contributed by atoms with Crippen LogP contribution in [0.5, 0.6) is 0 Å². The molecule has 8 unspecified atom stereocenters. The topological polar surface area (TPSA) is 0 Å². The Bertz CT molecular complexity index is 504. The van der Waals surface area contributed by atoms with Gasteiger partial charge in [0.05, 0.1) is 0 Å². The Morgan fingerprint density at radius 2 is 1.58 bits per heavy atom. The van der Waals surface area contributed by atoms with Crippen LogP contribution in [0.3, 0.4) is 0 Å². The summed E-state index contributed by atoms with van der Waals surface area (Å²) in [6.07, 6.45) is 15.0.